The average Bonchev–Trinajstić information content (AvgIpc) is 2.68. The molecule has 0 bridgehead atoms. The van der Waals surface area contributed by atoms with E-state index in [1.165, 1.54) is 17.7 Å². The first-order valence-corrected chi connectivity index (χ1v) is 6.98. The molecule has 0 aliphatic carbocycles. The summed E-state index contributed by atoms with van der Waals surface area (Å²) in [6.45, 7) is 4.06. The minimum atomic E-state index is -0.147. The summed E-state index contributed by atoms with van der Waals surface area (Å²) >= 11 is 6.69. The van der Waals surface area contributed by atoms with Gasteiger partial charge in [0.2, 0.25) is 0 Å². The molecule has 3 aromatic rings. The molecule has 0 fully saturated rings. The van der Waals surface area contributed by atoms with Gasteiger partial charge in [-0.3, -0.25) is 9.36 Å². The van der Waals surface area contributed by atoms with Crippen LogP contribution in [0.2, 0.25) is 0 Å². The van der Waals surface area contributed by atoms with Crippen LogP contribution in [-0.4, -0.2) is 14.5 Å². The number of aromatic amines is 1. The highest BCUT2D eigenvalue weighted by Gasteiger charge is 2.14. The van der Waals surface area contributed by atoms with Crippen molar-refractivity contribution in [3.05, 3.63) is 50.0 Å². The number of rotatable bonds is 1. The second-order valence-corrected chi connectivity index (χ2v) is 5.97. The van der Waals surface area contributed by atoms with E-state index in [0.717, 1.165) is 16.8 Å². The Kier molecular flexibility index (Phi) is 2.83. The lowest BCUT2D eigenvalue weighted by Crippen LogP contribution is -2.07. The van der Waals surface area contributed by atoms with Crippen LogP contribution in [0.25, 0.3) is 16.0 Å². The molecule has 0 aliphatic heterocycles. The number of thiazole rings is 1. The van der Waals surface area contributed by atoms with E-state index in [1.54, 1.807) is 0 Å². The van der Waals surface area contributed by atoms with E-state index >= 15 is 0 Å². The van der Waals surface area contributed by atoms with Gasteiger partial charge in [0, 0.05) is 0 Å². The number of aromatic nitrogens is 3. The van der Waals surface area contributed by atoms with E-state index in [1.807, 2.05) is 36.6 Å². The molecule has 0 saturated heterocycles. The maximum Gasteiger partial charge on any atom is 0.270 e. The highest BCUT2D eigenvalue weighted by Crippen LogP contribution is 2.26. The Bertz CT molecular complexity index is 869. The molecule has 4 nitrogen and oxygen atoms in total. The number of nitrogens with zero attached hydrogens (tertiary/aromatic N) is 2. The van der Waals surface area contributed by atoms with Gasteiger partial charge in [-0.1, -0.05) is 29.5 Å². The second kappa shape index (κ2) is 4.40. The Morgan fingerprint density at radius 3 is 2.68 bits per heavy atom. The fraction of sp³-hybridized carbons (Fsp3) is 0.154. The predicted molar refractivity (Wildman–Crippen MR) is 79.9 cm³/mol. The van der Waals surface area contributed by atoms with Gasteiger partial charge in [0.05, 0.1) is 12.0 Å². The van der Waals surface area contributed by atoms with Gasteiger partial charge < -0.3 is 4.98 Å². The molecule has 0 spiro atoms. The first-order valence-electron chi connectivity index (χ1n) is 5.75. The van der Waals surface area contributed by atoms with Crippen molar-refractivity contribution in [1.29, 1.82) is 0 Å². The molecule has 1 aromatic carbocycles. The second-order valence-electron chi connectivity index (χ2n) is 4.33. The Balaban J connectivity index is 2.51. The van der Waals surface area contributed by atoms with E-state index in [9.17, 15) is 4.79 Å². The van der Waals surface area contributed by atoms with Gasteiger partial charge in [0.15, 0.2) is 9.60 Å². The lowest BCUT2D eigenvalue weighted by Gasteiger charge is -2.11. The molecule has 0 unspecified atom stereocenters. The van der Waals surface area contributed by atoms with Crippen LogP contribution in [0, 0.1) is 17.8 Å². The van der Waals surface area contributed by atoms with Crippen LogP contribution in [0.1, 0.15) is 11.1 Å². The van der Waals surface area contributed by atoms with Crippen LogP contribution in [0.5, 0.6) is 0 Å². The summed E-state index contributed by atoms with van der Waals surface area (Å²) in [5, 5.41) is 0. The molecule has 1 N–H and O–H groups in total. The standard InChI is InChI=1S/C13H11N3OS2/c1-7-4-3-5-8(2)9(7)16-11-10(19-13(16)18)12(17)15-6-14-11/h3-6H,1-2H3,(H,14,15,17). The van der Waals surface area contributed by atoms with Crippen molar-refractivity contribution in [1.82, 2.24) is 14.5 Å². The van der Waals surface area contributed by atoms with E-state index < -0.39 is 0 Å². The van der Waals surface area contributed by atoms with Gasteiger partial charge in [-0.05, 0) is 37.2 Å². The Morgan fingerprint density at radius 2 is 2.00 bits per heavy atom. The lowest BCUT2D eigenvalue weighted by molar-refractivity contribution is 1.03. The third-order valence-electron chi connectivity index (χ3n) is 3.04. The highest BCUT2D eigenvalue weighted by atomic mass is 32.1. The number of benzene rings is 1. The maximum atomic E-state index is 11.8. The van der Waals surface area contributed by atoms with Crippen molar-refractivity contribution in [3.8, 4) is 5.69 Å². The summed E-state index contributed by atoms with van der Waals surface area (Å²) in [6, 6.07) is 6.06. The highest BCUT2D eigenvalue weighted by molar-refractivity contribution is 7.73. The summed E-state index contributed by atoms with van der Waals surface area (Å²) in [5.74, 6) is 0. The summed E-state index contributed by atoms with van der Waals surface area (Å²) in [5.41, 5.74) is 3.70. The Hall–Kier alpha value is -1.79. The van der Waals surface area contributed by atoms with Gasteiger partial charge >= 0.3 is 0 Å². The quantitative estimate of drug-likeness (QED) is 0.700. The van der Waals surface area contributed by atoms with Crippen molar-refractivity contribution in [2.24, 2.45) is 0 Å². The van der Waals surface area contributed by atoms with Crippen LogP contribution in [0.15, 0.2) is 29.3 Å². The van der Waals surface area contributed by atoms with E-state index in [4.69, 9.17) is 12.2 Å². The molecule has 0 radical (unpaired) electrons. The van der Waals surface area contributed by atoms with Crippen molar-refractivity contribution < 1.29 is 0 Å². The molecule has 3 rings (SSSR count). The number of para-hydroxylation sites is 1. The monoisotopic (exact) mass is 289 g/mol. The van der Waals surface area contributed by atoms with Crippen LogP contribution in [-0.2, 0) is 0 Å². The molecular formula is C13H11N3OS2. The molecule has 2 heterocycles. The SMILES string of the molecule is Cc1cccc(C)c1-n1c(=S)sc2c(=O)[nH]cnc21. The molecule has 0 amide bonds. The Morgan fingerprint density at radius 1 is 1.32 bits per heavy atom. The number of hydrogen-bond donors (Lipinski definition) is 1. The summed E-state index contributed by atoms with van der Waals surface area (Å²) in [6.07, 6.45) is 1.41. The zero-order chi connectivity index (χ0) is 13.6. The van der Waals surface area contributed by atoms with Gasteiger partial charge in [-0.2, -0.15) is 0 Å². The minimum Gasteiger partial charge on any atom is -0.312 e. The number of fused-ring (bicyclic) bond motifs is 1. The molecule has 0 saturated carbocycles. The fourth-order valence-electron chi connectivity index (χ4n) is 2.20. The van der Waals surface area contributed by atoms with Crippen molar-refractivity contribution in [2.45, 2.75) is 13.8 Å². The third-order valence-corrected chi connectivity index (χ3v) is 4.40. The smallest absolute Gasteiger partial charge is 0.270 e. The van der Waals surface area contributed by atoms with Gasteiger partial charge in [0.1, 0.15) is 4.70 Å². The average molecular weight is 289 g/mol. The van der Waals surface area contributed by atoms with Crippen molar-refractivity contribution >= 4 is 33.9 Å². The molecule has 6 heteroatoms. The topological polar surface area (TPSA) is 50.7 Å². The molecule has 19 heavy (non-hydrogen) atoms. The van der Waals surface area contributed by atoms with Crippen LogP contribution in [0.3, 0.4) is 0 Å². The number of nitrogens with one attached hydrogen (secondary N) is 1. The van der Waals surface area contributed by atoms with Crippen LogP contribution < -0.4 is 5.56 Å². The minimum absolute atomic E-state index is 0.147. The summed E-state index contributed by atoms with van der Waals surface area (Å²) in [7, 11) is 0. The molecule has 0 aliphatic rings. The molecule has 0 atom stereocenters. The summed E-state index contributed by atoms with van der Waals surface area (Å²) < 4.78 is 3.08. The number of H-pyrrole nitrogens is 1. The zero-order valence-electron chi connectivity index (χ0n) is 10.4. The third kappa shape index (κ3) is 1.84. The predicted octanol–water partition coefficient (Wildman–Crippen LogP) is 3.12. The number of hydrogen-bond acceptors (Lipinski definition) is 4. The van der Waals surface area contributed by atoms with Gasteiger partial charge in [-0.15, -0.1) is 0 Å². The van der Waals surface area contributed by atoms with Crippen LogP contribution >= 0.6 is 23.6 Å². The van der Waals surface area contributed by atoms with Crippen molar-refractivity contribution in [2.75, 3.05) is 0 Å². The molecular weight excluding hydrogens is 278 g/mol. The van der Waals surface area contributed by atoms with E-state index in [-0.39, 0.29) is 5.56 Å². The molecule has 2 aromatic heterocycles. The van der Waals surface area contributed by atoms with Gasteiger partial charge in [0.25, 0.3) is 5.56 Å². The van der Waals surface area contributed by atoms with Crippen LogP contribution in [0.4, 0.5) is 0 Å². The summed E-state index contributed by atoms with van der Waals surface area (Å²) in [4.78, 5) is 18.7. The normalized spacial score (nSPS) is 11.1. The zero-order valence-corrected chi connectivity index (χ0v) is 12.1. The molecule has 96 valence electrons. The number of aryl methyl sites for hydroxylation is 2. The first-order chi connectivity index (χ1) is 9.09. The largest absolute Gasteiger partial charge is 0.312 e. The van der Waals surface area contributed by atoms with Gasteiger partial charge in [-0.25, -0.2) is 4.98 Å². The fourth-order valence-corrected chi connectivity index (χ4v) is 3.46. The van der Waals surface area contributed by atoms with E-state index in [0.29, 0.717) is 14.3 Å². The van der Waals surface area contributed by atoms with Crippen molar-refractivity contribution in [3.63, 3.8) is 0 Å². The lowest BCUT2D eigenvalue weighted by atomic mass is 10.1. The first kappa shape index (κ1) is 12.3. The van der Waals surface area contributed by atoms with E-state index in [2.05, 4.69) is 9.97 Å². The Labute approximate surface area is 118 Å². The maximum absolute atomic E-state index is 11.8.